The molecular weight excluding hydrogens is 614 g/mol. The lowest BCUT2D eigenvalue weighted by molar-refractivity contribution is 0.0686. The maximum Gasteiger partial charge on any atom is 0.337 e. The molecule has 0 spiro atoms. The maximum atomic E-state index is 13.5. The Balaban J connectivity index is 1.40. The number of nitrogens with one attached hydrogen (secondary N) is 1. The van der Waals surface area contributed by atoms with Gasteiger partial charge in [-0.1, -0.05) is 72.8 Å². The van der Waals surface area contributed by atoms with Gasteiger partial charge in [-0.25, -0.2) is 14.4 Å². The summed E-state index contributed by atoms with van der Waals surface area (Å²) >= 11 is 0. The van der Waals surface area contributed by atoms with Gasteiger partial charge in [-0.3, -0.25) is 4.79 Å². The highest BCUT2D eigenvalue weighted by atomic mass is 16.5. The first-order chi connectivity index (χ1) is 23.1. The van der Waals surface area contributed by atoms with Gasteiger partial charge in [0, 0.05) is 11.6 Å². The summed E-state index contributed by atoms with van der Waals surface area (Å²) in [6, 6.07) is 31.0. The summed E-state index contributed by atoms with van der Waals surface area (Å²) in [6.45, 7) is -0.0408. The van der Waals surface area contributed by atoms with Gasteiger partial charge in [0.05, 0.1) is 22.4 Å². The molecule has 5 aromatic carbocycles. The van der Waals surface area contributed by atoms with Gasteiger partial charge in [-0.2, -0.15) is 0 Å². The number of hydrogen-bond acceptors (Lipinski definition) is 6. The van der Waals surface area contributed by atoms with E-state index in [0.717, 1.165) is 5.56 Å². The van der Waals surface area contributed by atoms with Crippen LogP contribution in [0.1, 0.15) is 63.7 Å². The van der Waals surface area contributed by atoms with Gasteiger partial charge in [0.25, 0.3) is 5.91 Å². The van der Waals surface area contributed by atoms with Crippen molar-refractivity contribution in [3.05, 3.63) is 160 Å². The van der Waals surface area contributed by atoms with Gasteiger partial charge in [0.15, 0.2) is 0 Å². The third-order valence-electron chi connectivity index (χ3n) is 7.09. The fourth-order valence-corrected chi connectivity index (χ4v) is 4.69. The fraction of sp³-hybridized carbons (Fsp3) is 0.0526. The summed E-state index contributed by atoms with van der Waals surface area (Å²) in [5.41, 5.74) is 2.95. The van der Waals surface area contributed by atoms with E-state index in [4.69, 9.17) is 9.47 Å². The smallest absolute Gasteiger partial charge is 0.337 e. The van der Waals surface area contributed by atoms with Crippen LogP contribution in [0.2, 0.25) is 0 Å². The van der Waals surface area contributed by atoms with Crippen molar-refractivity contribution < 1.29 is 44.0 Å². The number of hydrogen-bond donors (Lipinski definition) is 4. The molecule has 0 fully saturated rings. The van der Waals surface area contributed by atoms with E-state index in [2.05, 4.69) is 5.32 Å². The minimum absolute atomic E-state index is 0.0204. The average molecular weight is 644 g/mol. The van der Waals surface area contributed by atoms with E-state index < -0.39 is 23.8 Å². The van der Waals surface area contributed by atoms with Crippen LogP contribution in [-0.4, -0.2) is 39.1 Å². The van der Waals surface area contributed by atoms with Crippen LogP contribution in [0.3, 0.4) is 0 Å². The number of carboxylic acid groups (broad SMARTS) is 3. The number of rotatable bonds is 13. The molecule has 4 N–H and O–H groups in total. The quantitative estimate of drug-likeness (QED) is 0.0961. The molecule has 0 aliphatic carbocycles. The number of benzene rings is 5. The first-order valence-corrected chi connectivity index (χ1v) is 14.6. The van der Waals surface area contributed by atoms with Crippen molar-refractivity contribution in [2.75, 3.05) is 5.32 Å². The van der Waals surface area contributed by atoms with Crippen LogP contribution in [0.15, 0.2) is 115 Å². The zero-order valence-electron chi connectivity index (χ0n) is 25.3. The third kappa shape index (κ3) is 8.73. The summed E-state index contributed by atoms with van der Waals surface area (Å²) in [5.74, 6) is -3.59. The first kappa shape index (κ1) is 32.7. The second kappa shape index (κ2) is 15.1. The molecule has 0 bridgehead atoms. The Labute approximate surface area is 275 Å². The number of aromatic carboxylic acids is 3. The van der Waals surface area contributed by atoms with E-state index in [9.17, 15) is 34.5 Å². The Morgan fingerprint density at radius 3 is 1.65 bits per heavy atom. The average Bonchev–Trinajstić information content (AvgIpc) is 3.10. The van der Waals surface area contributed by atoms with Crippen molar-refractivity contribution in [3.8, 4) is 11.5 Å². The molecule has 0 saturated heterocycles. The molecule has 10 heteroatoms. The van der Waals surface area contributed by atoms with Crippen LogP contribution < -0.4 is 14.8 Å². The van der Waals surface area contributed by atoms with Crippen LogP contribution >= 0.6 is 0 Å². The van der Waals surface area contributed by atoms with Crippen LogP contribution in [0.5, 0.6) is 11.5 Å². The van der Waals surface area contributed by atoms with Crippen molar-refractivity contribution in [1.82, 2.24) is 0 Å². The highest BCUT2D eigenvalue weighted by molar-refractivity contribution is 6.08. The number of anilines is 1. The Morgan fingerprint density at radius 2 is 1.10 bits per heavy atom. The van der Waals surface area contributed by atoms with E-state index in [-0.39, 0.29) is 52.7 Å². The summed E-state index contributed by atoms with van der Waals surface area (Å²) in [6.07, 6.45) is 3.62. The molecule has 0 aliphatic heterocycles. The molecule has 240 valence electrons. The highest BCUT2D eigenvalue weighted by Crippen LogP contribution is 2.27. The van der Waals surface area contributed by atoms with Crippen LogP contribution in [0.25, 0.3) is 12.2 Å². The number of carbonyl (C=O) groups is 4. The molecule has 0 aliphatic rings. The molecule has 1 amide bonds. The second-order valence-electron chi connectivity index (χ2n) is 10.6. The molecule has 0 heterocycles. The number of amides is 1. The van der Waals surface area contributed by atoms with Crippen molar-refractivity contribution >= 4 is 41.7 Å². The predicted octanol–water partition coefficient (Wildman–Crippen LogP) is 7.36. The summed E-state index contributed by atoms with van der Waals surface area (Å²) in [4.78, 5) is 48.5. The normalized spacial score (nSPS) is 10.8. The summed E-state index contributed by atoms with van der Waals surface area (Å²) < 4.78 is 11.8. The first-order valence-electron chi connectivity index (χ1n) is 14.6. The molecule has 0 saturated carbocycles. The topological polar surface area (TPSA) is 159 Å². The van der Waals surface area contributed by atoms with Gasteiger partial charge in [-0.15, -0.1) is 0 Å². The number of carboxylic acids is 3. The van der Waals surface area contributed by atoms with Crippen molar-refractivity contribution in [3.63, 3.8) is 0 Å². The van der Waals surface area contributed by atoms with Crippen molar-refractivity contribution in [2.24, 2.45) is 0 Å². The van der Waals surface area contributed by atoms with Crippen LogP contribution in [0, 0.1) is 0 Å². The van der Waals surface area contributed by atoms with Gasteiger partial charge in [0.1, 0.15) is 24.7 Å². The fourth-order valence-electron chi connectivity index (χ4n) is 4.69. The number of carbonyl (C=O) groups excluding carboxylic acids is 1. The minimum atomic E-state index is -1.23. The highest BCUT2D eigenvalue weighted by Gasteiger charge is 2.17. The Bertz CT molecular complexity index is 1940. The molecular formula is C38H29NO9. The predicted molar refractivity (Wildman–Crippen MR) is 179 cm³/mol. The molecule has 10 nitrogen and oxygen atoms in total. The zero-order valence-corrected chi connectivity index (χ0v) is 25.3. The lowest BCUT2D eigenvalue weighted by Crippen LogP contribution is -2.15. The zero-order chi connectivity index (χ0) is 34.0. The van der Waals surface area contributed by atoms with E-state index in [1.807, 2.05) is 36.4 Å². The molecule has 0 atom stereocenters. The Kier molecular flexibility index (Phi) is 10.3. The van der Waals surface area contributed by atoms with Gasteiger partial charge < -0.3 is 30.1 Å². The van der Waals surface area contributed by atoms with Crippen LogP contribution in [0.4, 0.5) is 5.69 Å². The van der Waals surface area contributed by atoms with E-state index in [1.165, 1.54) is 54.6 Å². The number of ether oxygens (including phenoxy) is 2. The second-order valence-corrected chi connectivity index (χ2v) is 10.6. The Hall–Kier alpha value is -6.68. The monoisotopic (exact) mass is 643 g/mol. The third-order valence-corrected chi connectivity index (χ3v) is 7.09. The molecule has 5 aromatic rings. The largest absolute Gasteiger partial charge is 0.489 e. The van der Waals surface area contributed by atoms with E-state index in [1.54, 1.807) is 36.4 Å². The SMILES string of the molecule is O=C(O)c1cccc(COc2cc(OCc3cccc(C(=O)O)c3)cc(C(=O)Nc3ccc(C=Cc4ccccc4)cc3C(=O)O)c2)c1. The standard InChI is InChI=1S/C38H29NO9/c40-35(39-34-15-14-25(18-33(34)38(45)46)13-12-24-6-2-1-3-7-24)30-19-31(47-22-26-8-4-10-28(16-26)36(41)42)21-32(20-30)48-23-27-9-5-11-29(17-27)37(43)44/h1-21H,22-23H2,(H,39,40)(H,41,42)(H,43,44)(H,45,46). The van der Waals surface area contributed by atoms with E-state index in [0.29, 0.717) is 16.7 Å². The summed E-state index contributed by atoms with van der Waals surface area (Å²) in [7, 11) is 0. The Morgan fingerprint density at radius 1 is 0.542 bits per heavy atom. The van der Waals surface area contributed by atoms with E-state index >= 15 is 0 Å². The van der Waals surface area contributed by atoms with Crippen molar-refractivity contribution in [1.29, 1.82) is 0 Å². The minimum Gasteiger partial charge on any atom is -0.489 e. The molecule has 48 heavy (non-hydrogen) atoms. The molecule has 0 radical (unpaired) electrons. The lowest BCUT2D eigenvalue weighted by atomic mass is 10.1. The van der Waals surface area contributed by atoms with Crippen molar-refractivity contribution in [2.45, 2.75) is 13.2 Å². The van der Waals surface area contributed by atoms with Gasteiger partial charge in [-0.05, 0) is 70.8 Å². The van der Waals surface area contributed by atoms with Gasteiger partial charge >= 0.3 is 17.9 Å². The van der Waals surface area contributed by atoms with Crippen LogP contribution in [-0.2, 0) is 13.2 Å². The maximum absolute atomic E-state index is 13.5. The molecule has 0 aromatic heterocycles. The van der Waals surface area contributed by atoms with Gasteiger partial charge in [0.2, 0.25) is 0 Å². The lowest BCUT2D eigenvalue weighted by Gasteiger charge is -2.14. The summed E-state index contributed by atoms with van der Waals surface area (Å²) in [5, 5.41) is 31.2. The molecule has 0 unspecified atom stereocenters. The molecule has 5 rings (SSSR count).